The summed E-state index contributed by atoms with van der Waals surface area (Å²) >= 11 is 0. The number of nitrogens with one attached hydrogen (secondary N) is 2. The van der Waals surface area contributed by atoms with Crippen LogP contribution in [0.2, 0.25) is 0 Å². The van der Waals surface area contributed by atoms with E-state index in [1.807, 2.05) is 78.9 Å². The molecule has 7 heteroatoms. The zero-order valence-electron chi connectivity index (χ0n) is 21.3. The van der Waals surface area contributed by atoms with E-state index in [0.29, 0.717) is 19.4 Å². The molecule has 0 saturated carbocycles. The fraction of sp³-hybridized carbons (Fsp3) is 0.258. The first-order valence-corrected chi connectivity index (χ1v) is 12.9. The highest BCUT2D eigenvalue weighted by Crippen LogP contribution is 2.29. The zero-order valence-corrected chi connectivity index (χ0v) is 21.3. The maximum absolute atomic E-state index is 12.6. The molecule has 4 aromatic rings. The fourth-order valence-corrected chi connectivity index (χ4v) is 4.57. The molecule has 4 rings (SSSR count). The standard InChI is InChI=1S/C31H33N3O4/c32-30(36)28(20-27-25-15-8-6-13-23(25)19-24-14-7-9-16-26(24)27)34-29(35)17-5-2-10-18-33-31(37)38-21-22-11-3-1-4-12-22/h1,3-4,6-9,11-16,19,28H,2,5,10,17-18,20-21H2,(H2,32,36)(H,33,37)(H,34,35)/t28-/m0/s1. The van der Waals surface area contributed by atoms with E-state index in [1.54, 1.807) is 0 Å². The Kier molecular flexibility index (Phi) is 9.29. The van der Waals surface area contributed by atoms with E-state index >= 15 is 0 Å². The Morgan fingerprint density at radius 2 is 1.42 bits per heavy atom. The van der Waals surface area contributed by atoms with Gasteiger partial charge in [-0.3, -0.25) is 9.59 Å². The maximum atomic E-state index is 12.6. The first-order valence-electron chi connectivity index (χ1n) is 12.9. The lowest BCUT2D eigenvalue weighted by Crippen LogP contribution is -2.45. The van der Waals surface area contributed by atoms with Crippen LogP contribution in [-0.2, 0) is 27.4 Å². The van der Waals surface area contributed by atoms with Gasteiger partial charge in [0.25, 0.3) is 0 Å². The van der Waals surface area contributed by atoms with Gasteiger partial charge in [0, 0.05) is 19.4 Å². The van der Waals surface area contributed by atoms with E-state index in [1.165, 1.54) is 0 Å². The van der Waals surface area contributed by atoms with Crippen molar-refractivity contribution < 1.29 is 19.1 Å². The summed E-state index contributed by atoms with van der Waals surface area (Å²) in [5, 5.41) is 9.79. The number of hydrogen-bond donors (Lipinski definition) is 3. The highest BCUT2D eigenvalue weighted by molar-refractivity contribution is 6.03. The van der Waals surface area contributed by atoms with E-state index in [2.05, 4.69) is 16.7 Å². The summed E-state index contributed by atoms with van der Waals surface area (Å²) in [6, 6.07) is 26.9. The summed E-state index contributed by atoms with van der Waals surface area (Å²) in [5.41, 5.74) is 7.62. The Hall–Kier alpha value is -4.39. The molecule has 0 aromatic heterocycles. The minimum atomic E-state index is -0.808. The number of primary amides is 1. The van der Waals surface area contributed by atoms with Gasteiger partial charge in [-0.25, -0.2) is 4.79 Å². The lowest BCUT2D eigenvalue weighted by Gasteiger charge is -2.19. The van der Waals surface area contributed by atoms with Crippen LogP contribution in [0, 0.1) is 0 Å². The Labute approximate surface area is 222 Å². The predicted octanol–water partition coefficient (Wildman–Crippen LogP) is 4.99. The molecule has 0 spiro atoms. The molecule has 0 aliphatic carbocycles. The first-order chi connectivity index (χ1) is 18.5. The number of hydrogen-bond acceptors (Lipinski definition) is 4. The molecule has 0 unspecified atom stereocenters. The normalized spacial score (nSPS) is 11.7. The van der Waals surface area contributed by atoms with Crippen LogP contribution >= 0.6 is 0 Å². The average Bonchev–Trinajstić information content (AvgIpc) is 2.93. The van der Waals surface area contributed by atoms with Crippen LogP contribution in [-0.4, -0.2) is 30.5 Å². The van der Waals surface area contributed by atoms with Gasteiger partial charge in [-0.1, -0.05) is 85.3 Å². The topological polar surface area (TPSA) is 111 Å². The van der Waals surface area contributed by atoms with Gasteiger partial charge in [0.2, 0.25) is 11.8 Å². The van der Waals surface area contributed by atoms with Crippen molar-refractivity contribution in [3.05, 3.63) is 96.1 Å². The smallest absolute Gasteiger partial charge is 0.407 e. The Bertz CT molecular complexity index is 1350. The number of carbonyl (C=O) groups excluding carboxylic acids is 3. The second-order valence-corrected chi connectivity index (χ2v) is 9.32. The third-order valence-corrected chi connectivity index (χ3v) is 6.53. The predicted molar refractivity (Wildman–Crippen MR) is 149 cm³/mol. The van der Waals surface area contributed by atoms with Gasteiger partial charge in [-0.05, 0) is 51.6 Å². The first kappa shape index (κ1) is 26.7. The second kappa shape index (κ2) is 13.2. The molecule has 0 fully saturated rings. The number of alkyl carbamates (subject to hydrolysis) is 1. The van der Waals surface area contributed by atoms with E-state index in [9.17, 15) is 14.4 Å². The molecule has 0 bridgehead atoms. The van der Waals surface area contributed by atoms with Crippen LogP contribution in [0.15, 0.2) is 84.9 Å². The summed E-state index contributed by atoms with van der Waals surface area (Å²) in [4.78, 5) is 36.7. The van der Waals surface area contributed by atoms with Crippen molar-refractivity contribution in [2.75, 3.05) is 6.54 Å². The van der Waals surface area contributed by atoms with Crippen molar-refractivity contribution in [3.8, 4) is 0 Å². The molecule has 0 aliphatic rings. The molecule has 0 radical (unpaired) electrons. The van der Waals surface area contributed by atoms with Gasteiger partial charge in [0.15, 0.2) is 0 Å². The monoisotopic (exact) mass is 511 g/mol. The quantitative estimate of drug-likeness (QED) is 0.184. The van der Waals surface area contributed by atoms with Gasteiger partial charge in [0.1, 0.15) is 12.6 Å². The number of benzene rings is 4. The number of rotatable bonds is 12. The summed E-state index contributed by atoms with van der Waals surface area (Å²) in [5.74, 6) is -0.776. The van der Waals surface area contributed by atoms with Crippen LogP contribution in [0.1, 0.15) is 36.8 Å². The van der Waals surface area contributed by atoms with Gasteiger partial charge < -0.3 is 21.1 Å². The average molecular weight is 512 g/mol. The Morgan fingerprint density at radius 1 is 0.789 bits per heavy atom. The van der Waals surface area contributed by atoms with Gasteiger partial charge in [0.05, 0.1) is 0 Å². The molecule has 3 amide bonds. The number of amides is 3. The van der Waals surface area contributed by atoms with Crippen LogP contribution in [0.5, 0.6) is 0 Å². The van der Waals surface area contributed by atoms with Crippen molar-refractivity contribution in [2.24, 2.45) is 5.73 Å². The van der Waals surface area contributed by atoms with Crippen molar-refractivity contribution in [1.82, 2.24) is 10.6 Å². The van der Waals surface area contributed by atoms with E-state index < -0.39 is 18.0 Å². The Balaban J connectivity index is 1.24. The second-order valence-electron chi connectivity index (χ2n) is 9.32. The van der Waals surface area contributed by atoms with Crippen molar-refractivity contribution in [3.63, 3.8) is 0 Å². The molecular formula is C31H33N3O4. The third-order valence-electron chi connectivity index (χ3n) is 6.53. The molecule has 0 heterocycles. The minimum Gasteiger partial charge on any atom is -0.445 e. The van der Waals surface area contributed by atoms with Crippen LogP contribution < -0.4 is 16.4 Å². The van der Waals surface area contributed by atoms with Crippen LogP contribution in [0.3, 0.4) is 0 Å². The number of ether oxygens (including phenoxy) is 1. The molecule has 4 N–H and O–H groups in total. The van der Waals surface area contributed by atoms with Gasteiger partial charge >= 0.3 is 6.09 Å². The SMILES string of the molecule is NC(=O)[C@H](Cc1c2ccccc2cc2ccccc12)NC(=O)CCCCCNC(=O)OCc1ccccc1. The molecule has 0 saturated heterocycles. The molecule has 0 aliphatic heterocycles. The lowest BCUT2D eigenvalue weighted by atomic mass is 9.92. The minimum absolute atomic E-state index is 0.214. The lowest BCUT2D eigenvalue weighted by molar-refractivity contribution is -0.127. The molecule has 38 heavy (non-hydrogen) atoms. The molecule has 1 atom stereocenters. The summed E-state index contributed by atoms with van der Waals surface area (Å²) in [6.45, 7) is 0.690. The van der Waals surface area contributed by atoms with Crippen molar-refractivity contribution >= 4 is 39.5 Å². The van der Waals surface area contributed by atoms with Crippen molar-refractivity contribution in [1.29, 1.82) is 0 Å². The van der Waals surface area contributed by atoms with E-state index in [4.69, 9.17) is 10.5 Å². The summed E-state index contributed by atoms with van der Waals surface area (Å²) < 4.78 is 5.18. The summed E-state index contributed by atoms with van der Waals surface area (Å²) in [7, 11) is 0. The van der Waals surface area contributed by atoms with Crippen LogP contribution in [0.25, 0.3) is 21.5 Å². The van der Waals surface area contributed by atoms with Gasteiger partial charge in [-0.2, -0.15) is 0 Å². The van der Waals surface area contributed by atoms with E-state index in [0.717, 1.165) is 45.5 Å². The zero-order chi connectivity index (χ0) is 26.7. The maximum Gasteiger partial charge on any atom is 0.407 e. The molecule has 4 aromatic carbocycles. The fourth-order valence-electron chi connectivity index (χ4n) is 4.57. The Morgan fingerprint density at radius 3 is 2.08 bits per heavy atom. The molecule has 196 valence electrons. The van der Waals surface area contributed by atoms with Crippen LogP contribution in [0.4, 0.5) is 4.79 Å². The van der Waals surface area contributed by atoms with E-state index in [-0.39, 0.29) is 18.9 Å². The molecular weight excluding hydrogens is 478 g/mol. The summed E-state index contributed by atoms with van der Waals surface area (Å²) in [6.07, 6.45) is 2.24. The van der Waals surface area contributed by atoms with Crippen molar-refractivity contribution in [2.45, 2.75) is 44.8 Å². The highest BCUT2D eigenvalue weighted by atomic mass is 16.5. The van der Waals surface area contributed by atoms with Gasteiger partial charge in [-0.15, -0.1) is 0 Å². The third kappa shape index (κ3) is 7.32. The number of carbonyl (C=O) groups is 3. The number of unbranched alkanes of at least 4 members (excludes halogenated alkanes) is 2. The number of nitrogens with two attached hydrogens (primary N) is 1. The number of fused-ring (bicyclic) bond motifs is 2. The highest BCUT2D eigenvalue weighted by Gasteiger charge is 2.21. The molecule has 7 nitrogen and oxygen atoms in total. The largest absolute Gasteiger partial charge is 0.445 e.